The molecule has 5 rings (SSSR count). The molecule has 0 unspecified atom stereocenters. The van der Waals surface area contributed by atoms with E-state index in [1.807, 2.05) is 24.5 Å². The van der Waals surface area contributed by atoms with Gasteiger partial charge in [-0.2, -0.15) is 0 Å². The van der Waals surface area contributed by atoms with Crippen molar-refractivity contribution >= 4 is 42.5 Å². The van der Waals surface area contributed by atoms with Gasteiger partial charge >= 0.3 is 0 Å². The summed E-state index contributed by atoms with van der Waals surface area (Å²) >= 11 is 7.25. The van der Waals surface area contributed by atoms with E-state index in [0.29, 0.717) is 51.8 Å². The van der Waals surface area contributed by atoms with Crippen LogP contribution in [-0.2, 0) is 13.0 Å². The SMILES string of the molecule is Bc1cc2c(cc1Sc1nc3c(N)ncn(CCc4ccc(Cl)cc4F)c-3n1)OCO2. The molecule has 11 heteroatoms. The maximum atomic E-state index is 14.1. The monoisotopic (exact) mass is 455 g/mol. The Morgan fingerprint density at radius 3 is 2.81 bits per heavy atom. The molecule has 2 aromatic carbocycles. The van der Waals surface area contributed by atoms with Crippen molar-refractivity contribution < 1.29 is 13.9 Å². The van der Waals surface area contributed by atoms with Crippen molar-refractivity contribution in [3.05, 3.63) is 53.1 Å². The highest BCUT2D eigenvalue weighted by molar-refractivity contribution is 7.99. The summed E-state index contributed by atoms with van der Waals surface area (Å²) in [4.78, 5) is 14.4. The second-order valence-corrected chi connectivity index (χ2v) is 8.51. The minimum Gasteiger partial charge on any atom is -0.454 e. The molecule has 3 aliphatic rings. The highest BCUT2D eigenvalue weighted by atomic mass is 35.5. The second kappa shape index (κ2) is 7.94. The summed E-state index contributed by atoms with van der Waals surface area (Å²) < 4.78 is 26.8. The first-order chi connectivity index (χ1) is 15.0. The van der Waals surface area contributed by atoms with Gasteiger partial charge in [-0.1, -0.05) is 34.9 Å². The number of hydrogen-bond donors (Lipinski definition) is 1. The third kappa shape index (κ3) is 3.88. The molecular formula is C20H16BClFN5O2S. The van der Waals surface area contributed by atoms with Crippen LogP contribution < -0.4 is 20.7 Å². The number of benzene rings is 2. The maximum absolute atomic E-state index is 14.1. The molecule has 0 atom stereocenters. The molecule has 7 nitrogen and oxygen atoms in total. The Balaban J connectivity index is 1.43. The number of halogens is 2. The largest absolute Gasteiger partial charge is 0.454 e. The van der Waals surface area contributed by atoms with Gasteiger partial charge in [-0.05, 0) is 36.2 Å². The first-order valence-electron chi connectivity index (χ1n) is 9.48. The predicted molar refractivity (Wildman–Crippen MR) is 119 cm³/mol. The summed E-state index contributed by atoms with van der Waals surface area (Å²) in [5, 5.41) is 0.913. The van der Waals surface area contributed by atoms with Crippen molar-refractivity contribution in [3.63, 3.8) is 0 Å². The average Bonchev–Trinajstić information content (AvgIpc) is 3.36. The number of aromatic nitrogens is 4. The van der Waals surface area contributed by atoms with Crippen LogP contribution in [0.25, 0.3) is 11.5 Å². The Labute approximate surface area is 187 Å². The topological polar surface area (TPSA) is 88.1 Å². The highest BCUT2D eigenvalue weighted by Crippen LogP contribution is 2.37. The second-order valence-electron chi connectivity index (χ2n) is 7.06. The number of anilines is 1. The van der Waals surface area contributed by atoms with Gasteiger partial charge in [-0.15, -0.1) is 0 Å². The van der Waals surface area contributed by atoms with Crippen LogP contribution >= 0.6 is 23.4 Å². The molecule has 0 spiro atoms. The van der Waals surface area contributed by atoms with Crippen LogP contribution in [0.15, 0.2) is 46.7 Å². The van der Waals surface area contributed by atoms with Gasteiger partial charge in [0.05, 0.1) is 6.33 Å². The Kier molecular flexibility index (Phi) is 5.11. The van der Waals surface area contributed by atoms with Crippen molar-refractivity contribution in [3.8, 4) is 23.0 Å². The van der Waals surface area contributed by atoms with Crippen LogP contribution in [0.2, 0.25) is 5.02 Å². The van der Waals surface area contributed by atoms with Crippen molar-refractivity contribution in [1.29, 1.82) is 0 Å². The Morgan fingerprint density at radius 1 is 1.19 bits per heavy atom. The van der Waals surface area contributed by atoms with Crippen LogP contribution in [0.3, 0.4) is 0 Å². The number of aryl methyl sites for hydroxylation is 2. The summed E-state index contributed by atoms with van der Waals surface area (Å²) in [5.41, 5.74) is 8.14. The van der Waals surface area contributed by atoms with E-state index in [9.17, 15) is 4.39 Å². The molecule has 0 saturated carbocycles. The van der Waals surface area contributed by atoms with E-state index < -0.39 is 0 Å². The number of imidazole rings is 1. The average molecular weight is 456 g/mol. The van der Waals surface area contributed by atoms with Crippen molar-refractivity contribution in [2.45, 2.75) is 23.0 Å². The fraction of sp³-hybridized carbons (Fsp3) is 0.150. The molecule has 0 aliphatic carbocycles. The lowest BCUT2D eigenvalue weighted by molar-refractivity contribution is 0.174. The molecular weight excluding hydrogens is 440 g/mol. The van der Waals surface area contributed by atoms with Crippen molar-refractivity contribution in [2.75, 3.05) is 12.5 Å². The zero-order chi connectivity index (χ0) is 21.5. The molecule has 0 radical (unpaired) electrons. The molecule has 3 aliphatic heterocycles. The van der Waals surface area contributed by atoms with Crippen LogP contribution in [0.4, 0.5) is 10.2 Å². The van der Waals surface area contributed by atoms with E-state index in [4.69, 9.17) is 26.8 Å². The van der Waals surface area contributed by atoms with Crippen molar-refractivity contribution in [2.24, 2.45) is 0 Å². The van der Waals surface area contributed by atoms with E-state index in [1.54, 1.807) is 18.5 Å². The summed E-state index contributed by atoms with van der Waals surface area (Å²) in [6.45, 7) is 0.685. The normalized spacial score (nSPS) is 12.6. The molecule has 0 amide bonds. The number of nitrogens with zero attached hydrogens (tertiary/aromatic N) is 4. The first-order valence-corrected chi connectivity index (χ1v) is 10.7. The van der Waals surface area contributed by atoms with Crippen LogP contribution in [0, 0.1) is 5.82 Å². The number of hydrogen-bond acceptors (Lipinski definition) is 7. The van der Waals surface area contributed by atoms with E-state index in [1.165, 1.54) is 17.8 Å². The minimum atomic E-state index is -0.337. The number of fused-ring (bicyclic) bond motifs is 2. The number of rotatable bonds is 5. The molecule has 0 saturated heterocycles. The van der Waals surface area contributed by atoms with Gasteiger partial charge in [0.2, 0.25) is 6.79 Å². The van der Waals surface area contributed by atoms with E-state index in [0.717, 1.165) is 16.1 Å². The lowest BCUT2D eigenvalue weighted by Crippen LogP contribution is -2.10. The number of nitrogen functional groups attached to an aromatic ring is 1. The van der Waals surface area contributed by atoms with Crippen LogP contribution in [-0.4, -0.2) is 34.2 Å². The first kappa shape index (κ1) is 20.0. The van der Waals surface area contributed by atoms with Gasteiger partial charge < -0.3 is 19.8 Å². The summed E-state index contributed by atoms with van der Waals surface area (Å²) in [7, 11) is 1.99. The zero-order valence-corrected chi connectivity index (χ0v) is 18.0. The third-order valence-electron chi connectivity index (χ3n) is 4.98. The molecule has 31 heavy (non-hydrogen) atoms. The maximum Gasteiger partial charge on any atom is 0.231 e. The summed E-state index contributed by atoms with van der Waals surface area (Å²) in [6, 6.07) is 8.52. The summed E-state index contributed by atoms with van der Waals surface area (Å²) in [6.07, 6.45) is 2.05. The van der Waals surface area contributed by atoms with Gasteiger partial charge in [0.1, 0.15) is 13.7 Å². The van der Waals surface area contributed by atoms with Gasteiger partial charge in [0, 0.05) is 16.5 Å². The van der Waals surface area contributed by atoms with Crippen LogP contribution in [0.5, 0.6) is 11.5 Å². The fourth-order valence-corrected chi connectivity index (χ4v) is 4.35. The molecule has 2 aromatic rings. The zero-order valence-electron chi connectivity index (χ0n) is 16.4. The Hall–Kier alpha value is -2.98. The molecule has 156 valence electrons. The third-order valence-corrected chi connectivity index (χ3v) is 6.24. The van der Waals surface area contributed by atoms with E-state index in [-0.39, 0.29) is 12.6 Å². The molecule has 0 fully saturated rings. The molecule has 0 bridgehead atoms. The van der Waals surface area contributed by atoms with Gasteiger partial charge in [-0.25, -0.2) is 19.3 Å². The van der Waals surface area contributed by atoms with Gasteiger partial charge in [0.15, 0.2) is 34.0 Å². The van der Waals surface area contributed by atoms with Gasteiger partial charge in [0.25, 0.3) is 0 Å². The molecule has 0 aromatic heterocycles. The molecule has 3 heterocycles. The standard InChI is InChI=1S/C20H16BClFN5O2S/c21-12-6-14-15(30-9-29-14)7-16(12)31-20-26-17-18(24)25-8-28(19(17)27-20)4-3-10-1-2-11(22)5-13(10)23/h1-2,5-8H,3-4,9,21,24H2. The lowest BCUT2D eigenvalue weighted by Gasteiger charge is -2.11. The highest BCUT2D eigenvalue weighted by Gasteiger charge is 2.22. The Bertz CT molecular complexity index is 1270. The Morgan fingerprint density at radius 2 is 2.00 bits per heavy atom. The number of ether oxygens (including phenoxy) is 2. The quantitative estimate of drug-likeness (QED) is 0.463. The minimum absolute atomic E-state index is 0.218. The lowest BCUT2D eigenvalue weighted by atomic mass is 9.96. The molecule has 2 N–H and O–H groups in total. The van der Waals surface area contributed by atoms with Crippen molar-refractivity contribution in [1.82, 2.24) is 19.5 Å². The smallest absolute Gasteiger partial charge is 0.231 e. The summed E-state index contributed by atoms with van der Waals surface area (Å²) in [5.74, 6) is 1.99. The van der Waals surface area contributed by atoms with E-state index in [2.05, 4.69) is 15.0 Å². The van der Waals surface area contributed by atoms with E-state index >= 15 is 0 Å². The van der Waals surface area contributed by atoms with Gasteiger partial charge in [-0.3, -0.25) is 0 Å². The van der Waals surface area contributed by atoms with Crippen LogP contribution in [0.1, 0.15) is 5.56 Å². The number of nitrogens with two attached hydrogens (primary N) is 1. The fourth-order valence-electron chi connectivity index (χ4n) is 3.34. The predicted octanol–water partition coefficient (Wildman–Crippen LogP) is 2.53.